The number of halogens is 3. The lowest BCUT2D eigenvalue weighted by Gasteiger charge is -2.30. The van der Waals surface area contributed by atoms with Crippen LogP contribution in [0.1, 0.15) is 33.3 Å². The van der Waals surface area contributed by atoms with Crippen LogP contribution in [0.5, 0.6) is 0 Å². The molecule has 3 N–H and O–H groups in total. The highest BCUT2D eigenvalue weighted by molar-refractivity contribution is 5.59. The summed E-state index contributed by atoms with van der Waals surface area (Å²) in [4.78, 5) is 0. The van der Waals surface area contributed by atoms with Gasteiger partial charge in [0.15, 0.2) is 0 Å². The molecule has 0 unspecified atom stereocenters. The maximum Gasteiger partial charge on any atom is 0.418 e. The van der Waals surface area contributed by atoms with Crippen LogP contribution in [0.25, 0.3) is 0 Å². The molecule has 0 fully saturated rings. The van der Waals surface area contributed by atoms with Crippen molar-refractivity contribution in [2.75, 3.05) is 17.6 Å². The van der Waals surface area contributed by atoms with Crippen molar-refractivity contribution in [1.29, 1.82) is 0 Å². The van der Waals surface area contributed by atoms with Crippen molar-refractivity contribution in [2.45, 2.75) is 33.9 Å². The maximum atomic E-state index is 12.9. The molecule has 1 rings (SSSR count). The van der Waals surface area contributed by atoms with Crippen molar-refractivity contribution in [1.82, 2.24) is 0 Å². The van der Waals surface area contributed by atoms with Gasteiger partial charge in [0.25, 0.3) is 0 Å². The van der Waals surface area contributed by atoms with E-state index in [2.05, 4.69) is 19.2 Å². The molecule has 0 amide bonds. The van der Waals surface area contributed by atoms with Crippen molar-refractivity contribution in [2.24, 2.45) is 11.3 Å². The highest BCUT2D eigenvalue weighted by atomic mass is 19.4. The van der Waals surface area contributed by atoms with Gasteiger partial charge < -0.3 is 11.1 Å². The van der Waals surface area contributed by atoms with Gasteiger partial charge in [-0.15, -0.1) is 0 Å². The molecule has 0 atom stereocenters. The van der Waals surface area contributed by atoms with Gasteiger partial charge in [-0.05, 0) is 29.5 Å². The van der Waals surface area contributed by atoms with Crippen molar-refractivity contribution >= 4 is 11.4 Å². The van der Waals surface area contributed by atoms with E-state index in [1.165, 1.54) is 12.1 Å². The summed E-state index contributed by atoms with van der Waals surface area (Å²) in [6.45, 7) is 8.62. The zero-order valence-corrected chi connectivity index (χ0v) is 11.7. The molecule has 0 saturated heterocycles. The fourth-order valence-corrected chi connectivity index (χ4v) is 1.48. The Balaban J connectivity index is 2.96. The van der Waals surface area contributed by atoms with E-state index in [9.17, 15) is 13.2 Å². The second kappa shape index (κ2) is 5.31. The summed E-state index contributed by atoms with van der Waals surface area (Å²) in [5.74, 6) is 0.364. The highest BCUT2D eigenvalue weighted by Gasteiger charge is 2.34. The summed E-state index contributed by atoms with van der Waals surface area (Å²) in [6.07, 6.45) is -4.40. The molecular formula is C14H21F3N2. The number of nitrogen functional groups attached to an aromatic ring is 1. The summed E-state index contributed by atoms with van der Waals surface area (Å²) in [6, 6.07) is 3.82. The maximum absolute atomic E-state index is 12.9. The molecule has 1 aromatic carbocycles. The van der Waals surface area contributed by atoms with Gasteiger partial charge in [0.1, 0.15) is 0 Å². The van der Waals surface area contributed by atoms with E-state index in [-0.39, 0.29) is 16.8 Å². The number of alkyl halides is 3. The molecule has 0 aromatic heterocycles. The van der Waals surface area contributed by atoms with Crippen LogP contribution in [0.2, 0.25) is 0 Å². The highest BCUT2D eigenvalue weighted by Crippen LogP contribution is 2.37. The number of nitrogens with one attached hydrogen (secondary N) is 1. The van der Waals surface area contributed by atoms with Gasteiger partial charge in [0, 0.05) is 17.9 Å². The average molecular weight is 274 g/mol. The monoisotopic (exact) mass is 274 g/mol. The normalized spacial score (nSPS) is 12.8. The largest absolute Gasteiger partial charge is 0.418 e. The van der Waals surface area contributed by atoms with E-state index in [1.807, 2.05) is 13.8 Å². The third-order valence-corrected chi connectivity index (χ3v) is 3.65. The third-order valence-electron chi connectivity index (χ3n) is 3.65. The molecule has 5 heteroatoms. The fourth-order valence-electron chi connectivity index (χ4n) is 1.48. The van der Waals surface area contributed by atoms with Crippen molar-refractivity contribution < 1.29 is 13.2 Å². The Morgan fingerprint density at radius 1 is 1.21 bits per heavy atom. The van der Waals surface area contributed by atoms with Crippen LogP contribution < -0.4 is 11.1 Å². The first kappa shape index (κ1) is 15.7. The molecule has 0 aliphatic rings. The van der Waals surface area contributed by atoms with Crippen LogP contribution >= 0.6 is 0 Å². The van der Waals surface area contributed by atoms with Crippen LogP contribution in [0.4, 0.5) is 24.5 Å². The number of benzene rings is 1. The van der Waals surface area contributed by atoms with Crippen molar-refractivity contribution in [3.8, 4) is 0 Å². The lowest BCUT2D eigenvalue weighted by atomic mass is 9.81. The molecule has 108 valence electrons. The van der Waals surface area contributed by atoms with E-state index < -0.39 is 11.7 Å². The van der Waals surface area contributed by atoms with Gasteiger partial charge in [-0.25, -0.2) is 0 Å². The smallest absolute Gasteiger partial charge is 0.399 e. The Bertz CT molecular complexity index is 437. The summed E-state index contributed by atoms with van der Waals surface area (Å²) < 4.78 is 38.7. The quantitative estimate of drug-likeness (QED) is 0.799. The van der Waals surface area contributed by atoms with Crippen LogP contribution in [0.3, 0.4) is 0 Å². The molecule has 0 heterocycles. The average Bonchev–Trinajstić information content (AvgIpc) is 2.26. The first-order valence-electron chi connectivity index (χ1n) is 6.24. The molecule has 0 aliphatic heterocycles. The van der Waals surface area contributed by atoms with Crippen LogP contribution in [-0.4, -0.2) is 6.54 Å². The van der Waals surface area contributed by atoms with Crippen LogP contribution in [0, 0.1) is 11.3 Å². The van der Waals surface area contributed by atoms with Crippen LogP contribution in [0.15, 0.2) is 18.2 Å². The topological polar surface area (TPSA) is 38.0 Å². The number of rotatable bonds is 4. The zero-order valence-electron chi connectivity index (χ0n) is 11.7. The second-order valence-electron chi connectivity index (χ2n) is 5.80. The lowest BCUT2D eigenvalue weighted by molar-refractivity contribution is -0.136. The first-order chi connectivity index (χ1) is 8.54. The van der Waals surface area contributed by atoms with Gasteiger partial charge in [-0.3, -0.25) is 0 Å². The SMILES string of the molecule is CC(C)C(C)(C)CNc1ccc(N)cc1C(F)(F)F. The molecule has 0 radical (unpaired) electrons. The molecule has 19 heavy (non-hydrogen) atoms. The van der Waals surface area contributed by atoms with Gasteiger partial charge in [0.2, 0.25) is 0 Å². The summed E-state index contributed by atoms with van der Waals surface area (Å²) in [7, 11) is 0. The predicted molar refractivity (Wildman–Crippen MR) is 73.0 cm³/mol. The number of anilines is 2. The predicted octanol–water partition coefficient (Wildman–Crippen LogP) is 4.38. The minimum Gasteiger partial charge on any atom is -0.399 e. The third kappa shape index (κ3) is 4.04. The van der Waals surface area contributed by atoms with Gasteiger partial charge >= 0.3 is 6.18 Å². The van der Waals surface area contributed by atoms with Gasteiger partial charge in [-0.1, -0.05) is 27.7 Å². The second-order valence-corrected chi connectivity index (χ2v) is 5.80. The summed E-state index contributed by atoms with van der Waals surface area (Å²) in [5.41, 5.74) is 4.81. The number of hydrogen-bond acceptors (Lipinski definition) is 2. The summed E-state index contributed by atoms with van der Waals surface area (Å²) in [5, 5.41) is 2.89. The molecular weight excluding hydrogens is 253 g/mol. The van der Waals surface area contributed by atoms with Crippen molar-refractivity contribution in [3.63, 3.8) is 0 Å². The van der Waals surface area contributed by atoms with E-state index in [0.717, 1.165) is 6.07 Å². The minimum absolute atomic E-state index is 0.0791. The van der Waals surface area contributed by atoms with Crippen molar-refractivity contribution in [3.05, 3.63) is 23.8 Å². The fraction of sp³-hybridized carbons (Fsp3) is 0.571. The molecule has 0 aliphatic carbocycles. The standard InChI is InChI=1S/C14H21F3N2/c1-9(2)13(3,4)8-19-12-6-5-10(18)7-11(12)14(15,16)17/h5-7,9,19H,8,18H2,1-4H3. The lowest BCUT2D eigenvalue weighted by Crippen LogP contribution is -2.29. The van der Waals surface area contributed by atoms with Gasteiger partial charge in [-0.2, -0.15) is 13.2 Å². The van der Waals surface area contributed by atoms with Gasteiger partial charge in [0.05, 0.1) is 5.56 Å². The molecule has 1 aromatic rings. The Morgan fingerprint density at radius 2 is 1.79 bits per heavy atom. The Kier molecular flexibility index (Phi) is 4.38. The molecule has 0 saturated carbocycles. The van der Waals surface area contributed by atoms with E-state index in [4.69, 9.17) is 5.73 Å². The molecule has 0 spiro atoms. The minimum atomic E-state index is -4.40. The first-order valence-corrected chi connectivity index (χ1v) is 6.24. The number of hydrogen-bond donors (Lipinski definition) is 2. The Morgan fingerprint density at radius 3 is 2.26 bits per heavy atom. The van der Waals surface area contributed by atoms with E-state index in [1.54, 1.807) is 0 Å². The van der Waals surface area contributed by atoms with E-state index in [0.29, 0.717) is 12.5 Å². The molecule has 2 nitrogen and oxygen atoms in total. The molecule has 0 bridgehead atoms. The van der Waals surface area contributed by atoms with E-state index >= 15 is 0 Å². The Labute approximate surface area is 112 Å². The number of nitrogens with two attached hydrogens (primary N) is 1. The summed E-state index contributed by atoms with van der Waals surface area (Å²) >= 11 is 0. The van der Waals surface area contributed by atoms with Crippen LogP contribution in [-0.2, 0) is 6.18 Å². The zero-order chi connectivity index (χ0) is 14.8. The Hall–Kier alpha value is -1.39.